The average Bonchev–Trinajstić information content (AvgIpc) is 3.00. The number of hydrogen-bond donors (Lipinski definition) is 1. The molecule has 3 rings (SSSR count). The lowest BCUT2D eigenvalue weighted by atomic mass is 10.1. The number of halogens is 1. The van der Waals surface area contributed by atoms with Crippen molar-refractivity contribution in [3.8, 4) is 11.1 Å². The fourth-order valence-electron chi connectivity index (χ4n) is 2.28. The van der Waals surface area contributed by atoms with Gasteiger partial charge in [-0.1, -0.05) is 12.1 Å². The van der Waals surface area contributed by atoms with Crippen LogP contribution in [-0.2, 0) is 17.3 Å². The maximum absolute atomic E-state index is 13.1. The molecule has 8 heteroatoms. The minimum absolute atomic E-state index is 0.272. The molecule has 0 aliphatic heterocycles. The van der Waals surface area contributed by atoms with Gasteiger partial charge < -0.3 is 5.32 Å². The Kier molecular flexibility index (Phi) is 4.73. The fourth-order valence-corrected chi connectivity index (χ4v) is 2.71. The second kappa shape index (κ2) is 6.93. The molecule has 23 heavy (non-hydrogen) atoms. The Morgan fingerprint density at radius 3 is 2.78 bits per heavy atom. The topological polar surface area (TPSA) is 72.2 Å². The lowest BCUT2D eigenvalue weighted by Crippen LogP contribution is -2.20. The molecular formula is C15H16FN5OS. The number of benzene rings is 1. The second-order valence-electron chi connectivity index (χ2n) is 5.16. The van der Waals surface area contributed by atoms with Gasteiger partial charge in [0, 0.05) is 53.2 Å². The molecule has 3 aromatic rings. The zero-order chi connectivity index (χ0) is 16.2. The van der Waals surface area contributed by atoms with Crippen LogP contribution >= 0.6 is 0 Å². The average molecular weight is 333 g/mol. The molecule has 1 aromatic carbocycles. The first-order valence-corrected chi connectivity index (χ1v) is 8.83. The van der Waals surface area contributed by atoms with Crippen molar-refractivity contribution in [3.63, 3.8) is 0 Å². The van der Waals surface area contributed by atoms with Crippen LogP contribution in [0.15, 0.2) is 36.5 Å². The third kappa shape index (κ3) is 3.77. The smallest absolute Gasteiger partial charge is 0.183 e. The molecule has 1 N–H and O–H groups in total. The molecule has 0 unspecified atom stereocenters. The predicted octanol–water partition coefficient (Wildman–Crippen LogP) is 1.40. The van der Waals surface area contributed by atoms with E-state index < -0.39 is 10.8 Å². The third-order valence-corrected chi connectivity index (χ3v) is 4.21. The highest BCUT2D eigenvalue weighted by Gasteiger charge is 2.09. The van der Waals surface area contributed by atoms with Crippen LogP contribution in [0.5, 0.6) is 0 Å². The minimum atomic E-state index is -0.823. The monoisotopic (exact) mass is 333 g/mol. The second-order valence-corrected chi connectivity index (χ2v) is 6.72. The van der Waals surface area contributed by atoms with E-state index in [0.29, 0.717) is 24.5 Å². The number of tetrazole rings is 1. The molecule has 2 aromatic heterocycles. The normalized spacial score (nSPS) is 12.6. The Bertz CT molecular complexity index is 834. The molecule has 0 saturated carbocycles. The summed E-state index contributed by atoms with van der Waals surface area (Å²) in [7, 11) is -0.823. The van der Waals surface area contributed by atoms with Gasteiger partial charge in [0.05, 0.1) is 0 Å². The Morgan fingerprint density at radius 1 is 1.26 bits per heavy atom. The van der Waals surface area contributed by atoms with Crippen molar-refractivity contribution in [1.29, 1.82) is 0 Å². The van der Waals surface area contributed by atoms with E-state index in [0.717, 1.165) is 16.7 Å². The van der Waals surface area contributed by atoms with Crippen LogP contribution in [0.25, 0.3) is 16.8 Å². The van der Waals surface area contributed by atoms with Crippen molar-refractivity contribution in [2.24, 2.45) is 0 Å². The molecule has 0 saturated heterocycles. The molecule has 0 aliphatic rings. The highest BCUT2D eigenvalue weighted by Crippen LogP contribution is 2.22. The van der Waals surface area contributed by atoms with Crippen LogP contribution in [0.4, 0.5) is 4.39 Å². The van der Waals surface area contributed by atoms with E-state index in [-0.39, 0.29) is 5.82 Å². The van der Waals surface area contributed by atoms with E-state index in [4.69, 9.17) is 0 Å². The highest BCUT2D eigenvalue weighted by atomic mass is 32.2. The number of nitrogens with one attached hydrogen (secondary N) is 1. The Hall–Kier alpha value is -2.19. The first-order chi connectivity index (χ1) is 11.1. The standard InChI is InChI=1S/C15H16FN5OS/c1-23(22)7-6-17-9-12-8-13(10-21-15(12)18-19-20-21)11-2-4-14(16)5-3-11/h2-5,8,10,17H,6-7,9H2,1H3/t23-/m0/s1. The lowest BCUT2D eigenvalue weighted by Gasteiger charge is -2.08. The Balaban J connectivity index is 1.88. The summed E-state index contributed by atoms with van der Waals surface area (Å²) < 4.78 is 25.8. The van der Waals surface area contributed by atoms with Gasteiger partial charge in [-0.05, 0) is 34.2 Å². The minimum Gasteiger partial charge on any atom is -0.312 e. The number of rotatable bonds is 6. The van der Waals surface area contributed by atoms with E-state index >= 15 is 0 Å². The van der Waals surface area contributed by atoms with Gasteiger partial charge in [-0.25, -0.2) is 4.39 Å². The van der Waals surface area contributed by atoms with E-state index in [9.17, 15) is 8.60 Å². The van der Waals surface area contributed by atoms with Gasteiger partial charge in [0.1, 0.15) is 5.82 Å². The molecular weight excluding hydrogens is 317 g/mol. The molecule has 0 spiro atoms. The SMILES string of the molecule is C[S@](=O)CCNCc1cc(-c2ccc(F)cc2)cn2nnnc12. The molecule has 0 fully saturated rings. The van der Waals surface area contributed by atoms with Gasteiger partial charge in [-0.3, -0.25) is 4.21 Å². The van der Waals surface area contributed by atoms with Gasteiger partial charge in [0.15, 0.2) is 5.65 Å². The van der Waals surface area contributed by atoms with Gasteiger partial charge in [-0.2, -0.15) is 4.52 Å². The molecule has 0 aliphatic carbocycles. The van der Waals surface area contributed by atoms with Crippen molar-refractivity contribution in [3.05, 3.63) is 47.9 Å². The van der Waals surface area contributed by atoms with Crippen LogP contribution in [0.3, 0.4) is 0 Å². The fraction of sp³-hybridized carbons (Fsp3) is 0.267. The van der Waals surface area contributed by atoms with Crippen molar-refractivity contribution < 1.29 is 8.60 Å². The third-order valence-electron chi connectivity index (χ3n) is 3.43. The predicted molar refractivity (Wildman–Crippen MR) is 86.8 cm³/mol. The van der Waals surface area contributed by atoms with Crippen LogP contribution < -0.4 is 5.32 Å². The summed E-state index contributed by atoms with van der Waals surface area (Å²) in [4.78, 5) is 0. The summed E-state index contributed by atoms with van der Waals surface area (Å²) in [6, 6.07) is 8.27. The zero-order valence-electron chi connectivity index (χ0n) is 12.6. The summed E-state index contributed by atoms with van der Waals surface area (Å²) >= 11 is 0. The first-order valence-electron chi connectivity index (χ1n) is 7.11. The summed E-state index contributed by atoms with van der Waals surface area (Å²) in [5, 5.41) is 14.9. The summed E-state index contributed by atoms with van der Waals surface area (Å²) in [6.45, 7) is 1.22. The van der Waals surface area contributed by atoms with Crippen molar-refractivity contribution in [2.45, 2.75) is 6.54 Å². The Morgan fingerprint density at radius 2 is 2.04 bits per heavy atom. The maximum Gasteiger partial charge on any atom is 0.183 e. The molecule has 6 nitrogen and oxygen atoms in total. The molecule has 120 valence electrons. The first kappa shape index (κ1) is 15.7. The molecule has 0 bridgehead atoms. The number of pyridine rings is 1. The number of nitrogens with zero attached hydrogens (tertiary/aromatic N) is 4. The molecule has 2 heterocycles. The van der Waals surface area contributed by atoms with Gasteiger partial charge in [0.2, 0.25) is 0 Å². The van der Waals surface area contributed by atoms with Gasteiger partial charge in [0.25, 0.3) is 0 Å². The number of aromatic nitrogens is 4. The molecule has 0 amide bonds. The summed E-state index contributed by atoms with van der Waals surface area (Å²) in [6.07, 6.45) is 3.49. The molecule has 0 radical (unpaired) electrons. The number of hydrogen-bond acceptors (Lipinski definition) is 5. The lowest BCUT2D eigenvalue weighted by molar-refractivity contribution is 0.628. The van der Waals surface area contributed by atoms with Crippen LogP contribution in [0.1, 0.15) is 5.56 Å². The van der Waals surface area contributed by atoms with Gasteiger partial charge in [-0.15, -0.1) is 5.10 Å². The van der Waals surface area contributed by atoms with Crippen molar-refractivity contribution in [2.75, 3.05) is 18.6 Å². The van der Waals surface area contributed by atoms with Crippen LogP contribution in [-0.4, -0.2) is 42.8 Å². The van der Waals surface area contributed by atoms with Crippen molar-refractivity contribution >= 4 is 16.4 Å². The van der Waals surface area contributed by atoms with E-state index in [1.165, 1.54) is 12.1 Å². The highest BCUT2D eigenvalue weighted by molar-refractivity contribution is 7.84. The van der Waals surface area contributed by atoms with Gasteiger partial charge >= 0.3 is 0 Å². The van der Waals surface area contributed by atoms with Crippen LogP contribution in [0, 0.1) is 5.82 Å². The summed E-state index contributed by atoms with van der Waals surface area (Å²) in [5.74, 6) is 0.325. The maximum atomic E-state index is 13.1. The summed E-state index contributed by atoms with van der Waals surface area (Å²) in [5.41, 5.74) is 3.39. The molecule has 1 atom stereocenters. The Labute approximate surface area is 135 Å². The van der Waals surface area contributed by atoms with Crippen molar-refractivity contribution in [1.82, 2.24) is 25.4 Å². The van der Waals surface area contributed by atoms with E-state index in [1.807, 2.05) is 12.3 Å². The largest absolute Gasteiger partial charge is 0.312 e. The zero-order valence-corrected chi connectivity index (χ0v) is 13.4. The quantitative estimate of drug-likeness (QED) is 0.690. The van der Waals surface area contributed by atoms with E-state index in [2.05, 4.69) is 20.8 Å². The van der Waals surface area contributed by atoms with Crippen LogP contribution in [0.2, 0.25) is 0 Å². The van der Waals surface area contributed by atoms with E-state index in [1.54, 1.807) is 22.9 Å². The number of fused-ring (bicyclic) bond motifs is 1.